The van der Waals surface area contributed by atoms with Crippen LogP contribution in [0.25, 0.3) is 11.3 Å². The highest BCUT2D eigenvalue weighted by Crippen LogP contribution is 2.30. The summed E-state index contributed by atoms with van der Waals surface area (Å²) in [5, 5.41) is 10.8. The molecule has 0 fully saturated rings. The second-order valence-corrected chi connectivity index (χ2v) is 7.37. The van der Waals surface area contributed by atoms with Crippen molar-refractivity contribution in [3.05, 3.63) is 76.7 Å². The van der Waals surface area contributed by atoms with Crippen LogP contribution in [0.3, 0.4) is 0 Å². The van der Waals surface area contributed by atoms with E-state index < -0.39 is 5.91 Å². The first-order chi connectivity index (χ1) is 15.5. The number of primary amides is 1. The van der Waals surface area contributed by atoms with Gasteiger partial charge in [-0.25, -0.2) is 9.97 Å². The molecule has 0 atom stereocenters. The van der Waals surface area contributed by atoms with E-state index in [1.54, 1.807) is 36.8 Å². The van der Waals surface area contributed by atoms with Crippen LogP contribution >= 0.6 is 11.3 Å². The van der Waals surface area contributed by atoms with Gasteiger partial charge in [0.1, 0.15) is 11.4 Å². The van der Waals surface area contributed by atoms with Crippen molar-refractivity contribution < 1.29 is 9.59 Å². The molecule has 0 aliphatic rings. The van der Waals surface area contributed by atoms with E-state index in [4.69, 9.17) is 5.73 Å². The second kappa shape index (κ2) is 9.23. The predicted molar refractivity (Wildman–Crippen MR) is 124 cm³/mol. The fourth-order valence-corrected chi connectivity index (χ4v) is 3.57. The van der Waals surface area contributed by atoms with Gasteiger partial charge in [-0.3, -0.25) is 9.59 Å². The largest absolute Gasteiger partial charge is 0.365 e. The second-order valence-electron chi connectivity index (χ2n) is 6.65. The van der Waals surface area contributed by atoms with Crippen LogP contribution in [-0.4, -0.2) is 33.8 Å². The summed E-state index contributed by atoms with van der Waals surface area (Å²) < 4.78 is 0. The molecule has 0 bridgehead atoms. The summed E-state index contributed by atoms with van der Waals surface area (Å²) in [6, 6.07) is 14.5. The molecule has 0 aliphatic heterocycles. The molecular formula is C22H19N7O2S. The van der Waals surface area contributed by atoms with Gasteiger partial charge in [-0.05, 0) is 24.3 Å². The number of rotatable bonds is 7. The van der Waals surface area contributed by atoms with Crippen LogP contribution in [0, 0.1) is 0 Å². The highest BCUT2D eigenvalue weighted by Gasteiger charge is 2.15. The van der Waals surface area contributed by atoms with Crippen molar-refractivity contribution >= 4 is 46.3 Å². The van der Waals surface area contributed by atoms with Crippen LogP contribution in [-0.2, 0) is 0 Å². The van der Waals surface area contributed by atoms with E-state index >= 15 is 0 Å². The lowest BCUT2D eigenvalue weighted by molar-refractivity contribution is 0.0961. The number of para-hydroxylation sites is 1. The van der Waals surface area contributed by atoms with Crippen LogP contribution < -0.4 is 21.7 Å². The Labute approximate surface area is 187 Å². The van der Waals surface area contributed by atoms with E-state index in [2.05, 4.69) is 30.9 Å². The fraction of sp³-hybridized carbons (Fsp3) is 0.0455. The summed E-state index contributed by atoms with van der Waals surface area (Å²) in [7, 11) is 1.56. The summed E-state index contributed by atoms with van der Waals surface area (Å²) in [5.41, 5.74) is 10.9. The van der Waals surface area contributed by atoms with E-state index in [9.17, 15) is 9.59 Å². The zero-order valence-corrected chi connectivity index (χ0v) is 17.8. The highest BCUT2D eigenvalue weighted by molar-refractivity contribution is 7.07. The molecule has 2 aromatic heterocycles. The van der Waals surface area contributed by atoms with Gasteiger partial charge in [0.25, 0.3) is 11.8 Å². The number of benzene rings is 2. The summed E-state index contributed by atoms with van der Waals surface area (Å²) in [5.74, 6) is -0.385. The van der Waals surface area contributed by atoms with Gasteiger partial charge in [0.2, 0.25) is 5.95 Å². The number of anilines is 4. The van der Waals surface area contributed by atoms with Gasteiger partial charge in [-0.1, -0.05) is 24.3 Å². The number of hydrogen-bond donors (Lipinski definition) is 4. The van der Waals surface area contributed by atoms with Gasteiger partial charge in [-0.15, -0.1) is 11.3 Å². The Morgan fingerprint density at radius 3 is 2.62 bits per heavy atom. The van der Waals surface area contributed by atoms with Crippen molar-refractivity contribution in [1.82, 2.24) is 20.3 Å². The number of amides is 2. The monoisotopic (exact) mass is 445 g/mol. The standard InChI is InChI=1S/C22H19N7O2S/c1-24-21(31)13-5-4-6-14(9-13)27-22-25-10-16(19(23)30)20(29-22)28-17-8-3-2-7-15(17)18-11-32-12-26-18/h2-12H,1H3,(H2,23,30)(H,24,31)(H2,25,27,28,29). The first-order valence-corrected chi connectivity index (χ1v) is 10.5. The van der Waals surface area contributed by atoms with Crippen LogP contribution in [0.5, 0.6) is 0 Å². The molecule has 0 radical (unpaired) electrons. The molecule has 0 unspecified atom stereocenters. The molecule has 0 saturated carbocycles. The summed E-state index contributed by atoms with van der Waals surface area (Å²) in [4.78, 5) is 36.9. The molecule has 0 spiro atoms. The van der Waals surface area contributed by atoms with Crippen molar-refractivity contribution in [1.29, 1.82) is 0 Å². The van der Waals surface area contributed by atoms with Gasteiger partial charge < -0.3 is 21.7 Å². The molecule has 2 aromatic carbocycles. The number of nitrogens with zero attached hydrogens (tertiary/aromatic N) is 3. The lowest BCUT2D eigenvalue weighted by atomic mass is 10.1. The quantitative estimate of drug-likeness (QED) is 0.342. The van der Waals surface area contributed by atoms with Crippen molar-refractivity contribution in [3.8, 4) is 11.3 Å². The van der Waals surface area contributed by atoms with Crippen LogP contribution in [0.2, 0.25) is 0 Å². The zero-order valence-electron chi connectivity index (χ0n) is 17.0. The minimum absolute atomic E-state index is 0.141. The van der Waals surface area contributed by atoms with Gasteiger partial charge >= 0.3 is 0 Å². The number of hydrogen-bond acceptors (Lipinski definition) is 8. The Bertz CT molecular complexity index is 1280. The Balaban J connectivity index is 1.67. The Kier molecular flexibility index (Phi) is 6.04. The Morgan fingerprint density at radius 2 is 1.88 bits per heavy atom. The van der Waals surface area contributed by atoms with Crippen molar-refractivity contribution in [2.24, 2.45) is 5.73 Å². The lowest BCUT2D eigenvalue weighted by Crippen LogP contribution is -2.18. The van der Waals surface area contributed by atoms with Gasteiger partial charge in [-0.2, -0.15) is 4.98 Å². The molecule has 0 aliphatic carbocycles. The molecule has 32 heavy (non-hydrogen) atoms. The molecule has 4 aromatic rings. The molecular weight excluding hydrogens is 426 g/mol. The Morgan fingerprint density at radius 1 is 1.03 bits per heavy atom. The number of carbonyl (C=O) groups is 2. The van der Waals surface area contributed by atoms with Crippen LogP contribution in [0.15, 0.2) is 65.6 Å². The minimum Gasteiger partial charge on any atom is -0.365 e. The molecule has 2 heterocycles. The SMILES string of the molecule is CNC(=O)c1cccc(Nc2ncc(C(N)=O)c(Nc3ccccc3-c3cscn3)n2)c1. The number of aromatic nitrogens is 3. The maximum atomic E-state index is 12.0. The smallest absolute Gasteiger partial charge is 0.254 e. The lowest BCUT2D eigenvalue weighted by Gasteiger charge is -2.14. The topological polar surface area (TPSA) is 135 Å². The van der Waals surface area contributed by atoms with Crippen LogP contribution in [0.1, 0.15) is 20.7 Å². The average Bonchev–Trinajstić information content (AvgIpc) is 3.34. The van der Waals surface area contributed by atoms with E-state index in [0.29, 0.717) is 16.9 Å². The van der Waals surface area contributed by atoms with Crippen molar-refractivity contribution in [2.45, 2.75) is 0 Å². The van der Waals surface area contributed by atoms with Crippen LogP contribution in [0.4, 0.5) is 23.1 Å². The summed E-state index contributed by atoms with van der Waals surface area (Å²) >= 11 is 1.49. The van der Waals surface area contributed by atoms with Gasteiger partial charge in [0.15, 0.2) is 0 Å². The number of thiazole rings is 1. The third-order valence-corrected chi connectivity index (χ3v) is 5.14. The van der Waals surface area contributed by atoms with E-state index in [1.165, 1.54) is 17.5 Å². The number of nitrogens with one attached hydrogen (secondary N) is 3. The van der Waals surface area contributed by atoms with Gasteiger partial charge in [0, 0.05) is 41.1 Å². The Hall–Kier alpha value is -4.31. The fourth-order valence-electron chi connectivity index (χ4n) is 3.02. The summed E-state index contributed by atoms with van der Waals surface area (Å²) in [6.07, 6.45) is 1.36. The summed E-state index contributed by atoms with van der Waals surface area (Å²) in [6.45, 7) is 0. The van der Waals surface area contributed by atoms with Crippen molar-refractivity contribution in [2.75, 3.05) is 17.7 Å². The van der Waals surface area contributed by atoms with E-state index in [0.717, 1.165) is 11.3 Å². The maximum Gasteiger partial charge on any atom is 0.254 e. The molecule has 5 N–H and O–H groups in total. The van der Waals surface area contributed by atoms with Gasteiger partial charge in [0.05, 0.1) is 11.2 Å². The molecule has 9 nitrogen and oxygen atoms in total. The first kappa shape index (κ1) is 20.9. The van der Waals surface area contributed by atoms with Crippen molar-refractivity contribution in [3.63, 3.8) is 0 Å². The predicted octanol–water partition coefficient (Wildman–Crippen LogP) is 3.55. The molecule has 0 saturated heterocycles. The maximum absolute atomic E-state index is 12.0. The number of carbonyl (C=O) groups excluding carboxylic acids is 2. The third-order valence-electron chi connectivity index (χ3n) is 4.55. The van der Waals surface area contributed by atoms with E-state index in [1.807, 2.05) is 29.6 Å². The third kappa shape index (κ3) is 4.55. The first-order valence-electron chi connectivity index (χ1n) is 9.56. The normalized spacial score (nSPS) is 10.4. The van der Waals surface area contributed by atoms with E-state index in [-0.39, 0.29) is 23.2 Å². The molecule has 4 rings (SSSR count). The minimum atomic E-state index is -0.660. The number of nitrogens with two attached hydrogens (primary N) is 1. The molecule has 2 amide bonds. The molecule has 160 valence electrons. The zero-order chi connectivity index (χ0) is 22.5. The average molecular weight is 446 g/mol. The highest BCUT2D eigenvalue weighted by atomic mass is 32.1. The molecule has 10 heteroatoms.